The lowest BCUT2D eigenvalue weighted by Gasteiger charge is -2.32. The fraction of sp³-hybridized carbons (Fsp3) is 0.611. The second kappa shape index (κ2) is 5.31. The van der Waals surface area contributed by atoms with Crippen LogP contribution in [0.15, 0.2) is 18.2 Å². The van der Waals surface area contributed by atoms with Gasteiger partial charge in [-0.1, -0.05) is 6.07 Å². The molecule has 0 radical (unpaired) electrons. The summed E-state index contributed by atoms with van der Waals surface area (Å²) in [6.07, 6.45) is 2.40. The molecule has 0 saturated carbocycles. The largest absolute Gasteiger partial charge is 0.494 e. The number of fused-ring (bicyclic) bond motifs is 1. The molecule has 1 N–H and O–H groups in total. The van der Waals surface area contributed by atoms with Crippen LogP contribution in [0.3, 0.4) is 0 Å². The Morgan fingerprint density at radius 3 is 2.54 bits per heavy atom. The van der Waals surface area contributed by atoms with Gasteiger partial charge < -0.3 is 14.3 Å². The average molecular weight is 327 g/mol. The zero-order chi connectivity index (χ0) is 17.1. The Morgan fingerprint density at radius 2 is 1.92 bits per heavy atom. The van der Waals surface area contributed by atoms with Crippen molar-refractivity contribution in [2.45, 2.75) is 57.8 Å². The molecule has 0 amide bonds. The van der Waals surface area contributed by atoms with Crippen LogP contribution in [-0.2, 0) is 9.31 Å². The van der Waals surface area contributed by atoms with Gasteiger partial charge in [0.05, 0.1) is 28.3 Å². The maximum atomic E-state index is 6.16. The summed E-state index contributed by atoms with van der Waals surface area (Å²) in [5.74, 6) is 1.07. The third-order valence-corrected chi connectivity index (χ3v) is 5.89. The van der Waals surface area contributed by atoms with Crippen LogP contribution in [0.25, 0.3) is 11.0 Å². The van der Waals surface area contributed by atoms with Gasteiger partial charge in [-0.3, -0.25) is 4.90 Å². The van der Waals surface area contributed by atoms with Crippen molar-refractivity contribution in [3.63, 3.8) is 0 Å². The molecule has 0 spiro atoms. The Labute approximate surface area is 143 Å². The molecule has 0 aliphatic carbocycles. The third-order valence-electron chi connectivity index (χ3n) is 5.89. The number of hydrogen-bond acceptors (Lipinski definition) is 4. The summed E-state index contributed by atoms with van der Waals surface area (Å²) < 4.78 is 12.3. The van der Waals surface area contributed by atoms with Crippen molar-refractivity contribution in [1.82, 2.24) is 14.9 Å². The fourth-order valence-electron chi connectivity index (χ4n) is 3.59. The van der Waals surface area contributed by atoms with Crippen LogP contribution in [-0.4, -0.2) is 46.8 Å². The van der Waals surface area contributed by atoms with Gasteiger partial charge >= 0.3 is 7.12 Å². The van der Waals surface area contributed by atoms with E-state index in [1.807, 2.05) is 0 Å². The summed E-state index contributed by atoms with van der Waals surface area (Å²) in [6.45, 7) is 9.46. The molecule has 2 aromatic rings. The van der Waals surface area contributed by atoms with E-state index < -0.39 is 0 Å². The molecular formula is C18H26BN3O2. The number of H-pyrrole nitrogens is 1. The van der Waals surface area contributed by atoms with Crippen molar-refractivity contribution in [1.29, 1.82) is 0 Å². The number of imidazole rings is 1. The maximum Gasteiger partial charge on any atom is 0.494 e. The summed E-state index contributed by atoms with van der Waals surface area (Å²) in [6, 6.07) is 6.64. The van der Waals surface area contributed by atoms with E-state index in [9.17, 15) is 0 Å². The van der Waals surface area contributed by atoms with Gasteiger partial charge in [-0.25, -0.2) is 4.98 Å². The molecule has 4 rings (SSSR count). The molecule has 1 aromatic carbocycles. The quantitative estimate of drug-likeness (QED) is 0.862. The molecule has 2 aliphatic heterocycles. The highest BCUT2D eigenvalue weighted by Gasteiger charge is 2.51. The van der Waals surface area contributed by atoms with Gasteiger partial charge in [0, 0.05) is 0 Å². The van der Waals surface area contributed by atoms with Crippen LogP contribution < -0.4 is 5.46 Å². The predicted octanol–water partition coefficient (Wildman–Crippen LogP) is 2.63. The molecular weight excluding hydrogens is 301 g/mol. The van der Waals surface area contributed by atoms with Crippen LogP contribution in [0.4, 0.5) is 0 Å². The normalized spacial score (nSPS) is 26.5. The van der Waals surface area contributed by atoms with E-state index in [0.29, 0.717) is 6.04 Å². The lowest BCUT2D eigenvalue weighted by Crippen LogP contribution is -2.41. The number of nitrogens with zero attached hydrogens (tertiary/aromatic N) is 2. The van der Waals surface area contributed by atoms with E-state index in [1.54, 1.807) is 0 Å². The first-order valence-corrected chi connectivity index (χ1v) is 8.82. The average Bonchev–Trinajstić information content (AvgIpc) is 3.14. The molecule has 2 saturated heterocycles. The van der Waals surface area contributed by atoms with E-state index >= 15 is 0 Å². The SMILES string of the molecule is CN1CCC[C@H]1c1nc2ccc(B3OC(C)(C)C(C)(C)O3)cc2[nH]1. The standard InChI is InChI=1S/C18H26BN3O2/c1-17(2)18(3,4)24-19(23-17)12-8-9-13-14(11-12)21-16(20-13)15-7-6-10-22(15)5/h8-9,11,15H,6-7,10H2,1-5H3,(H,20,21)/t15-/m0/s1. The Morgan fingerprint density at radius 1 is 1.21 bits per heavy atom. The van der Waals surface area contributed by atoms with Crippen molar-refractivity contribution >= 4 is 23.6 Å². The van der Waals surface area contributed by atoms with E-state index in [2.05, 4.69) is 62.8 Å². The highest BCUT2D eigenvalue weighted by atomic mass is 16.7. The van der Waals surface area contributed by atoms with E-state index in [-0.39, 0.29) is 18.3 Å². The Kier molecular flexibility index (Phi) is 3.57. The molecule has 128 valence electrons. The summed E-state index contributed by atoms with van der Waals surface area (Å²) in [5.41, 5.74) is 2.45. The number of hydrogen-bond donors (Lipinski definition) is 1. The second-order valence-corrected chi connectivity index (χ2v) is 8.13. The minimum atomic E-state index is -0.333. The first kappa shape index (κ1) is 16.1. The van der Waals surface area contributed by atoms with Crippen LogP contribution in [0, 0.1) is 0 Å². The number of rotatable bonds is 2. The van der Waals surface area contributed by atoms with Gasteiger partial charge in [0.1, 0.15) is 5.82 Å². The molecule has 2 fully saturated rings. The van der Waals surface area contributed by atoms with Gasteiger partial charge in [-0.15, -0.1) is 0 Å². The number of aromatic nitrogens is 2. The van der Waals surface area contributed by atoms with Gasteiger partial charge in [0.2, 0.25) is 0 Å². The van der Waals surface area contributed by atoms with Crippen molar-refractivity contribution in [2.75, 3.05) is 13.6 Å². The molecule has 6 heteroatoms. The first-order valence-electron chi connectivity index (χ1n) is 8.82. The van der Waals surface area contributed by atoms with E-state index in [0.717, 1.165) is 28.9 Å². The van der Waals surface area contributed by atoms with Gasteiger partial charge in [-0.05, 0) is 71.7 Å². The molecule has 3 heterocycles. The second-order valence-electron chi connectivity index (χ2n) is 8.13. The maximum absolute atomic E-state index is 6.16. The van der Waals surface area contributed by atoms with Gasteiger partial charge in [0.25, 0.3) is 0 Å². The highest BCUT2D eigenvalue weighted by Crippen LogP contribution is 2.36. The summed E-state index contributed by atoms with van der Waals surface area (Å²) in [4.78, 5) is 10.7. The topological polar surface area (TPSA) is 50.4 Å². The van der Waals surface area contributed by atoms with Crippen LogP contribution in [0.1, 0.15) is 52.4 Å². The molecule has 5 nitrogen and oxygen atoms in total. The van der Waals surface area contributed by atoms with E-state index in [4.69, 9.17) is 14.3 Å². The highest BCUT2D eigenvalue weighted by molar-refractivity contribution is 6.62. The Bertz CT molecular complexity index is 755. The lowest BCUT2D eigenvalue weighted by atomic mass is 9.79. The van der Waals surface area contributed by atoms with Crippen LogP contribution >= 0.6 is 0 Å². The summed E-state index contributed by atoms with van der Waals surface area (Å²) in [7, 11) is 1.83. The third kappa shape index (κ3) is 2.48. The first-order chi connectivity index (χ1) is 11.3. The minimum Gasteiger partial charge on any atom is -0.399 e. The molecule has 24 heavy (non-hydrogen) atoms. The van der Waals surface area contributed by atoms with Crippen molar-refractivity contribution in [3.05, 3.63) is 24.0 Å². The Hall–Kier alpha value is -1.37. The summed E-state index contributed by atoms with van der Waals surface area (Å²) in [5, 5.41) is 0. The van der Waals surface area contributed by atoms with Crippen molar-refractivity contribution in [3.8, 4) is 0 Å². The zero-order valence-electron chi connectivity index (χ0n) is 15.2. The van der Waals surface area contributed by atoms with Crippen LogP contribution in [0.5, 0.6) is 0 Å². The molecule has 0 unspecified atom stereocenters. The zero-order valence-corrected chi connectivity index (χ0v) is 15.2. The Balaban J connectivity index is 1.64. The predicted molar refractivity (Wildman–Crippen MR) is 96.4 cm³/mol. The number of likely N-dealkylation sites (tertiary alicyclic amines) is 1. The molecule has 0 bridgehead atoms. The number of nitrogens with one attached hydrogen (secondary N) is 1. The molecule has 1 aromatic heterocycles. The molecule has 2 aliphatic rings. The number of aromatic amines is 1. The number of benzene rings is 1. The smallest absolute Gasteiger partial charge is 0.399 e. The van der Waals surface area contributed by atoms with Gasteiger partial charge in [-0.2, -0.15) is 0 Å². The van der Waals surface area contributed by atoms with Crippen molar-refractivity contribution < 1.29 is 9.31 Å². The van der Waals surface area contributed by atoms with Crippen molar-refractivity contribution in [2.24, 2.45) is 0 Å². The van der Waals surface area contributed by atoms with Crippen LogP contribution in [0.2, 0.25) is 0 Å². The van der Waals surface area contributed by atoms with Gasteiger partial charge in [0.15, 0.2) is 0 Å². The minimum absolute atomic E-state index is 0.321. The lowest BCUT2D eigenvalue weighted by molar-refractivity contribution is 0.00578. The van der Waals surface area contributed by atoms with E-state index in [1.165, 1.54) is 12.8 Å². The monoisotopic (exact) mass is 327 g/mol. The fourth-order valence-corrected chi connectivity index (χ4v) is 3.59. The molecule has 1 atom stereocenters. The summed E-state index contributed by atoms with van der Waals surface area (Å²) >= 11 is 0.